The van der Waals surface area contributed by atoms with Gasteiger partial charge in [-0.05, 0) is 57.8 Å². The van der Waals surface area contributed by atoms with Crippen LogP contribution < -0.4 is 0 Å². The largest absolute Gasteiger partial charge is 0.462 e. The van der Waals surface area contributed by atoms with Crippen LogP contribution in [0.3, 0.4) is 0 Å². The molecule has 0 aromatic carbocycles. The Labute approximate surface area is 353 Å². The summed E-state index contributed by atoms with van der Waals surface area (Å²) in [5, 5.41) is 0. The Morgan fingerprint density at radius 2 is 0.632 bits per heavy atom. The van der Waals surface area contributed by atoms with Crippen molar-refractivity contribution in [3.8, 4) is 0 Å². The van der Waals surface area contributed by atoms with Crippen molar-refractivity contribution in [3.05, 3.63) is 36.5 Å². The molecule has 0 rings (SSSR count). The molecule has 57 heavy (non-hydrogen) atoms. The van der Waals surface area contributed by atoms with Crippen LogP contribution in [-0.2, 0) is 28.6 Å². The van der Waals surface area contributed by atoms with Gasteiger partial charge >= 0.3 is 17.9 Å². The van der Waals surface area contributed by atoms with Crippen molar-refractivity contribution in [1.82, 2.24) is 0 Å². The third-order valence-electron chi connectivity index (χ3n) is 10.6. The van der Waals surface area contributed by atoms with E-state index in [9.17, 15) is 14.4 Å². The highest BCUT2D eigenvalue weighted by atomic mass is 16.6. The fourth-order valence-electron chi connectivity index (χ4n) is 6.92. The number of carbonyl (C=O) groups is 3. The highest BCUT2D eigenvalue weighted by Gasteiger charge is 2.19. The average molecular weight is 801 g/mol. The lowest BCUT2D eigenvalue weighted by Crippen LogP contribution is -2.30. The molecule has 0 aromatic heterocycles. The van der Waals surface area contributed by atoms with Gasteiger partial charge in [0.1, 0.15) is 13.2 Å². The Hall–Kier alpha value is -2.37. The van der Waals surface area contributed by atoms with E-state index < -0.39 is 6.10 Å². The van der Waals surface area contributed by atoms with Crippen LogP contribution in [0.4, 0.5) is 0 Å². The summed E-state index contributed by atoms with van der Waals surface area (Å²) in [6.45, 7) is 6.58. The SMILES string of the molecule is CCCCC/C=C\C/C=C\C/C=C\CCCCC(=O)OC[C@H](COC(=O)CCCCCCCCCCCCCC)OC(=O)CCCCCCCCCCCCCC. The highest BCUT2D eigenvalue weighted by molar-refractivity contribution is 5.71. The molecule has 6 nitrogen and oxygen atoms in total. The molecule has 0 radical (unpaired) electrons. The maximum Gasteiger partial charge on any atom is 0.306 e. The summed E-state index contributed by atoms with van der Waals surface area (Å²) in [5.41, 5.74) is 0. The lowest BCUT2D eigenvalue weighted by molar-refractivity contribution is -0.167. The number of ether oxygens (including phenoxy) is 3. The van der Waals surface area contributed by atoms with Gasteiger partial charge < -0.3 is 14.2 Å². The average Bonchev–Trinajstić information content (AvgIpc) is 3.21. The zero-order valence-corrected chi connectivity index (χ0v) is 37.9. The van der Waals surface area contributed by atoms with E-state index in [1.165, 1.54) is 141 Å². The van der Waals surface area contributed by atoms with Crippen LogP contribution >= 0.6 is 0 Å². The molecule has 332 valence electrons. The maximum absolute atomic E-state index is 12.7. The predicted molar refractivity (Wildman–Crippen MR) is 242 cm³/mol. The normalized spacial score (nSPS) is 12.3. The number of rotatable bonds is 44. The van der Waals surface area contributed by atoms with Gasteiger partial charge in [0.15, 0.2) is 6.10 Å². The standard InChI is InChI=1S/C51H92O6/c1-4-7-10-13-16-19-22-25-26-27-30-32-35-38-41-44-50(53)56-47-48(57-51(54)45-42-39-36-33-29-24-21-18-15-12-9-6-3)46-55-49(52)43-40-37-34-31-28-23-20-17-14-11-8-5-2/h16,19,25-26,30,32,48H,4-15,17-18,20-24,27-29,31,33-47H2,1-3H3/b19-16-,26-25-,32-30-/t48-/m0/s1. The van der Waals surface area contributed by atoms with E-state index in [4.69, 9.17) is 14.2 Å². The van der Waals surface area contributed by atoms with Crippen molar-refractivity contribution in [1.29, 1.82) is 0 Å². The van der Waals surface area contributed by atoms with Crippen LogP contribution in [0.5, 0.6) is 0 Å². The summed E-state index contributed by atoms with van der Waals surface area (Å²) in [6.07, 6.45) is 52.6. The Morgan fingerprint density at radius 3 is 1.02 bits per heavy atom. The second-order valence-electron chi connectivity index (χ2n) is 16.4. The molecule has 0 aliphatic rings. The Balaban J connectivity index is 4.41. The lowest BCUT2D eigenvalue weighted by Gasteiger charge is -2.18. The molecule has 0 aromatic rings. The van der Waals surface area contributed by atoms with Gasteiger partial charge in [-0.3, -0.25) is 14.4 Å². The van der Waals surface area contributed by atoms with Crippen LogP contribution in [0.25, 0.3) is 0 Å². The summed E-state index contributed by atoms with van der Waals surface area (Å²) in [6, 6.07) is 0. The minimum absolute atomic E-state index is 0.0803. The fourth-order valence-corrected chi connectivity index (χ4v) is 6.92. The smallest absolute Gasteiger partial charge is 0.306 e. The molecule has 0 bridgehead atoms. The van der Waals surface area contributed by atoms with Gasteiger partial charge in [-0.2, -0.15) is 0 Å². The summed E-state index contributed by atoms with van der Waals surface area (Å²) < 4.78 is 16.7. The van der Waals surface area contributed by atoms with Crippen molar-refractivity contribution in [3.63, 3.8) is 0 Å². The lowest BCUT2D eigenvalue weighted by atomic mass is 10.0. The maximum atomic E-state index is 12.7. The molecule has 0 saturated heterocycles. The molecule has 0 spiro atoms. The van der Waals surface area contributed by atoms with E-state index in [1.807, 2.05) is 0 Å². The van der Waals surface area contributed by atoms with Crippen molar-refractivity contribution < 1.29 is 28.6 Å². The minimum Gasteiger partial charge on any atom is -0.462 e. The first-order valence-electron chi connectivity index (χ1n) is 24.5. The van der Waals surface area contributed by atoms with Crippen LogP contribution in [-0.4, -0.2) is 37.2 Å². The second-order valence-corrected chi connectivity index (χ2v) is 16.4. The zero-order valence-electron chi connectivity index (χ0n) is 37.9. The summed E-state index contributed by atoms with van der Waals surface area (Å²) >= 11 is 0. The van der Waals surface area contributed by atoms with E-state index in [-0.39, 0.29) is 31.1 Å². The third kappa shape index (κ3) is 44.6. The molecular formula is C51H92O6. The monoisotopic (exact) mass is 801 g/mol. The molecule has 1 atom stereocenters. The van der Waals surface area contributed by atoms with Gasteiger partial charge in [-0.15, -0.1) is 0 Å². The molecule has 0 fully saturated rings. The number of unbranched alkanes of at least 4 members (excludes halogenated alkanes) is 27. The number of carbonyl (C=O) groups excluding carboxylic acids is 3. The van der Waals surface area contributed by atoms with Crippen molar-refractivity contribution in [2.24, 2.45) is 0 Å². The molecule has 6 heteroatoms. The van der Waals surface area contributed by atoms with E-state index in [0.29, 0.717) is 19.3 Å². The van der Waals surface area contributed by atoms with E-state index in [1.54, 1.807) is 0 Å². The molecular weight excluding hydrogens is 709 g/mol. The second kappa shape index (κ2) is 46.3. The van der Waals surface area contributed by atoms with E-state index >= 15 is 0 Å². The molecule has 0 unspecified atom stereocenters. The Morgan fingerprint density at radius 1 is 0.351 bits per heavy atom. The number of esters is 3. The van der Waals surface area contributed by atoms with Crippen molar-refractivity contribution in [2.75, 3.05) is 13.2 Å². The van der Waals surface area contributed by atoms with Crippen molar-refractivity contribution in [2.45, 2.75) is 258 Å². The van der Waals surface area contributed by atoms with Gasteiger partial charge in [-0.25, -0.2) is 0 Å². The van der Waals surface area contributed by atoms with Gasteiger partial charge in [0.2, 0.25) is 0 Å². The Bertz CT molecular complexity index is 969. The van der Waals surface area contributed by atoms with Gasteiger partial charge in [-0.1, -0.05) is 211 Å². The molecule has 0 amide bonds. The van der Waals surface area contributed by atoms with E-state index in [2.05, 4.69) is 57.2 Å². The summed E-state index contributed by atoms with van der Waals surface area (Å²) in [4.78, 5) is 37.8. The quantitative estimate of drug-likeness (QED) is 0.0264. The van der Waals surface area contributed by atoms with E-state index in [0.717, 1.165) is 70.6 Å². The van der Waals surface area contributed by atoms with Crippen LogP contribution in [0.15, 0.2) is 36.5 Å². The summed E-state index contributed by atoms with van der Waals surface area (Å²) in [7, 11) is 0. The fraction of sp³-hybridized carbons (Fsp3) is 0.824. The molecule has 0 N–H and O–H groups in total. The van der Waals surface area contributed by atoms with Gasteiger partial charge in [0.05, 0.1) is 0 Å². The molecule has 0 aliphatic heterocycles. The topological polar surface area (TPSA) is 78.9 Å². The number of hydrogen-bond acceptors (Lipinski definition) is 6. The Kier molecular flexibility index (Phi) is 44.4. The van der Waals surface area contributed by atoms with Crippen LogP contribution in [0.2, 0.25) is 0 Å². The third-order valence-corrected chi connectivity index (χ3v) is 10.6. The first kappa shape index (κ1) is 54.6. The van der Waals surface area contributed by atoms with Gasteiger partial charge in [0, 0.05) is 19.3 Å². The number of hydrogen-bond donors (Lipinski definition) is 0. The van der Waals surface area contributed by atoms with Crippen LogP contribution in [0, 0.1) is 0 Å². The first-order valence-corrected chi connectivity index (χ1v) is 24.5. The van der Waals surface area contributed by atoms with Gasteiger partial charge in [0.25, 0.3) is 0 Å². The minimum atomic E-state index is -0.780. The first-order chi connectivity index (χ1) is 28.0. The predicted octanol–water partition coefficient (Wildman–Crippen LogP) is 15.8. The van der Waals surface area contributed by atoms with Crippen LogP contribution in [0.1, 0.15) is 252 Å². The molecule has 0 aliphatic carbocycles. The number of allylic oxidation sites excluding steroid dienone is 6. The highest BCUT2D eigenvalue weighted by Crippen LogP contribution is 2.15. The molecule has 0 heterocycles. The summed E-state index contributed by atoms with van der Waals surface area (Å²) in [5.74, 6) is -0.913. The van der Waals surface area contributed by atoms with Crippen molar-refractivity contribution >= 4 is 17.9 Å². The zero-order chi connectivity index (χ0) is 41.5. The molecule has 0 saturated carbocycles.